The van der Waals surface area contributed by atoms with Gasteiger partial charge in [0.2, 0.25) is 0 Å². The summed E-state index contributed by atoms with van der Waals surface area (Å²) in [7, 11) is 0. The highest BCUT2D eigenvalue weighted by Crippen LogP contribution is 2.43. The standard InChI is InChI=1S/C47H28N2S2/c48-29-30-15-16-34-28-37(26-21-33(34)27-30)49(35-22-17-31(18-23-35)38-9-5-11-42-40-7-1-3-13-44(40)50-46(38)42)36-24-19-32(20-25-36)39-10-6-12-43-41-8-2-4-14-45(41)51-47(39)43/h1-28H. The molecule has 0 aliphatic heterocycles. The summed E-state index contributed by atoms with van der Waals surface area (Å²) in [4.78, 5) is 2.32. The number of nitriles is 1. The van der Waals surface area contributed by atoms with Crippen molar-refractivity contribution in [3.05, 3.63) is 175 Å². The molecular weight excluding hydrogens is 657 g/mol. The molecule has 2 aromatic heterocycles. The van der Waals surface area contributed by atoms with Gasteiger partial charge in [-0.25, -0.2) is 0 Å². The highest BCUT2D eigenvalue weighted by Gasteiger charge is 2.17. The summed E-state index contributed by atoms with van der Waals surface area (Å²) >= 11 is 3.72. The normalized spacial score (nSPS) is 11.5. The number of fused-ring (bicyclic) bond motifs is 7. The van der Waals surface area contributed by atoms with E-state index in [9.17, 15) is 5.26 Å². The first-order valence-corrected chi connectivity index (χ1v) is 18.6. The molecular formula is C47H28N2S2. The predicted octanol–water partition coefficient (Wildman–Crippen LogP) is 14.3. The van der Waals surface area contributed by atoms with E-state index in [2.05, 4.69) is 163 Å². The van der Waals surface area contributed by atoms with Crippen molar-refractivity contribution in [2.45, 2.75) is 0 Å². The van der Waals surface area contributed by atoms with Crippen LogP contribution in [0.4, 0.5) is 17.1 Å². The Balaban J connectivity index is 1.08. The lowest BCUT2D eigenvalue weighted by molar-refractivity contribution is 1.29. The fourth-order valence-electron chi connectivity index (χ4n) is 7.42. The molecule has 10 rings (SSSR count). The van der Waals surface area contributed by atoms with E-state index in [-0.39, 0.29) is 0 Å². The van der Waals surface area contributed by atoms with Crippen LogP contribution in [0.3, 0.4) is 0 Å². The number of nitrogens with zero attached hydrogens (tertiary/aromatic N) is 2. The maximum atomic E-state index is 9.48. The van der Waals surface area contributed by atoms with Crippen LogP contribution in [0.2, 0.25) is 0 Å². The zero-order chi connectivity index (χ0) is 33.9. The zero-order valence-corrected chi connectivity index (χ0v) is 29.0. The third-order valence-electron chi connectivity index (χ3n) is 9.89. The van der Waals surface area contributed by atoms with Crippen LogP contribution in [0, 0.1) is 11.3 Å². The summed E-state index contributed by atoms with van der Waals surface area (Å²) in [6, 6.07) is 63.2. The number of benzene rings is 8. The van der Waals surface area contributed by atoms with Gasteiger partial charge in [0.15, 0.2) is 0 Å². The van der Waals surface area contributed by atoms with E-state index in [4.69, 9.17) is 0 Å². The number of hydrogen-bond donors (Lipinski definition) is 0. The number of thiophene rings is 2. The van der Waals surface area contributed by atoms with Gasteiger partial charge >= 0.3 is 0 Å². The first-order chi connectivity index (χ1) is 25.2. The van der Waals surface area contributed by atoms with E-state index < -0.39 is 0 Å². The summed E-state index contributed by atoms with van der Waals surface area (Å²) in [5.74, 6) is 0. The predicted molar refractivity (Wildman–Crippen MR) is 220 cm³/mol. The molecule has 238 valence electrons. The average Bonchev–Trinajstić information content (AvgIpc) is 3.77. The smallest absolute Gasteiger partial charge is 0.0991 e. The van der Waals surface area contributed by atoms with Crippen LogP contribution in [0.5, 0.6) is 0 Å². The fraction of sp³-hybridized carbons (Fsp3) is 0. The molecule has 0 spiro atoms. The maximum Gasteiger partial charge on any atom is 0.0991 e. The van der Waals surface area contributed by atoms with Crippen LogP contribution in [0.1, 0.15) is 5.56 Å². The molecule has 4 heteroatoms. The third-order valence-corrected chi connectivity index (χ3v) is 12.3. The molecule has 0 radical (unpaired) electrons. The largest absolute Gasteiger partial charge is 0.310 e. The molecule has 10 aromatic rings. The number of hydrogen-bond acceptors (Lipinski definition) is 4. The van der Waals surface area contributed by atoms with Gasteiger partial charge < -0.3 is 4.90 Å². The van der Waals surface area contributed by atoms with E-state index in [1.54, 1.807) is 0 Å². The summed E-state index contributed by atoms with van der Waals surface area (Å²) < 4.78 is 5.26. The lowest BCUT2D eigenvalue weighted by Crippen LogP contribution is -2.09. The van der Waals surface area contributed by atoms with Crippen molar-refractivity contribution >= 4 is 90.9 Å². The minimum absolute atomic E-state index is 0.667. The second kappa shape index (κ2) is 12.0. The number of rotatable bonds is 5. The Morgan fingerprint density at radius 3 is 1.43 bits per heavy atom. The lowest BCUT2D eigenvalue weighted by atomic mass is 10.0. The molecule has 0 amide bonds. The third kappa shape index (κ3) is 4.98. The second-order valence-electron chi connectivity index (χ2n) is 12.8. The van der Waals surface area contributed by atoms with Crippen molar-refractivity contribution < 1.29 is 0 Å². The summed E-state index contributed by atoms with van der Waals surface area (Å²) in [5, 5.41) is 16.9. The van der Waals surface area contributed by atoms with Crippen molar-refractivity contribution in [1.29, 1.82) is 5.26 Å². The van der Waals surface area contributed by atoms with E-state index >= 15 is 0 Å². The second-order valence-corrected chi connectivity index (χ2v) is 15.0. The van der Waals surface area contributed by atoms with Crippen LogP contribution in [0.25, 0.3) is 73.4 Å². The van der Waals surface area contributed by atoms with Crippen LogP contribution in [-0.2, 0) is 0 Å². The highest BCUT2D eigenvalue weighted by atomic mass is 32.1. The Bertz CT molecular complexity index is 2820. The van der Waals surface area contributed by atoms with Crippen molar-refractivity contribution in [2.24, 2.45) is 0 Å². The Morgan fingerprint density at radius 2 is 0.882 bits per heavy atom. The first kappa shape index (κ1) is 29.6. The van der Waals surface area contributed by atoms with E-state index in [1.807, 2.05) is 40.9 Å². The van der Waals surface area contributed by atoms with Crippen molar-refractivity contribution in [3.8, 4) is 28.3 Å². The van der Waals surface area contributed by atoms with Gasteiger partial charge in [0, 0.05) is 57.4 Å². The van der Waals surface area contributed by atoms with E-state index in [0.717, 1.165) is 27.8 Å². The Kier molecular flexibility index (Phi) is 6.95. The first-order valence-electron chi connectivity index (χ1n) is 17.0. The Morgan fingerprint density at radius 1 is 0.412 bits per heavy atom. The topological polar surface area (TPSA) is 27.0 Å². The lowest BCUT2D eigenvalue weighted by Gasteiger charge is -2.26. The molecule has 2 heterocycles. The number of anilines is 3. The van der Waals surface area contributed by atoms with Gasteiger partial charge in [-0.2, -0.15) is 5.26 Å². The molecule has 0 aliphatic carbocycles. The van der Waals surface area contributed by atoms with Crippen molar-refractivity contribution in [1.82, 2.24) is 0 Å². The van der Waals surface area contributed by atoms with Crippen LogP contribution >= 0.6 is 22.7 Å². The molecule has 51 heavy (non-hydrogen) atoms. The molecule has 2 nitrogen and oxygen atoms in total. The Hall–Kier alpha value is -6.25. The van der Waals surface area contributed by atoms with Gasteiger partial charge in [0.25, 0.3) is 0 Å². The SMILES string of the molecule is N#Cc1ccc2cc(N(c3ccc(-c4cccc5c4sc4ccccc45)cc3)c3ccc(-c4cccc5c4sc4ccccc45)cc3)ccc2c1. The molecule has 0 atom stereocenters. The van der Waals surface area contributed by atoms with E-state index in [0.29, 0.717) is 5.56 Å². The molecule has 0 bridgehead atoms. The van der Waals surface area contributed by atoms with Gasteiger partial charge in [-0.1, -0.05) is 109 Å². The maximum absolute atomic E-state index is 9.48. The molecule has 0 unspecified atom stereocenters. The van der Waals surface area contributed by atoms with Gasteiger partial charge in [0.05, 0.1) is 11.6 Å². The summed E-state index contributed by atoms with van der Waals surface area (Å²) in [6.07, 6.45) is 0. The average molecular weight is 685 g/mol. The van der Waals surface area contributed by atoms with Crippen LogP contribution in [0.15, 0.2) is 170 Å². The summed E-state index contributed by atoms with van der Waals surface area (Å²) in [6.45, 7) is 0. The van der Waals surface area contributed by atoms with Crippen LogP contribution in [-0.4, -0.2) is 0 Å². The quantitative estimate of drug-likeness (QED) is 0.180. The fourth-order valence-corrected chi connectivity index (χ4v) is 9.89. The minimum Gasteiger partial charge on any atom is -0.310 e. The minimum atomic E-state index is 0.667. The van der Waals surface area contributed by atoms with Gasteiger partial charge in [0.1, 0.15) is 0 Å². The molecule has 0 N–H and O–H groups in total. The molecule has 8 aromatic carbocycles. The highest BCUT2D eigenvalue weighted by molar-refractivity contribution is 7.26. The van der Waals surface area contributed by atoms with Crippen LogP contribution < -0.4 is 4.90 Å². The Labute approximate surface area is 303 Å². The molecule has 0 saturated heterocycles. The molecule has 0 aliphatic rings. The van der Waals surface area contributed by atoms with Gasteiger partial charge in [-0.05, 0) is 93.7 Å². The zero-order valence-electron chi connectivity index (χ0n) is 27.4. The van der Waals surface area contributed by atoms with E-state index in [1.165, 1.54) is 62.6 Å². The van der Waals surface area contributed by atoms with Gasteiger partial charge in [-0.15, -0.1) is 22.7 Å². The van der Waals surface area contributed by atoms with Crippen molar-refractivity contribution in [3.63, 3.8) is 0 Å². The molecule has 0 saturated carbocycles. The summed E-state index contributed by atoms with van der Waals surface area (Å²) in [5.41, 5.74) is 8.79. The van der Waals surface area contributed by atoms with Crippen molar-refractivity contribution in [2.75, 3.05) is 4.90 Å². The molecule has 0 fully saturated rings. The van der Waals surface area contributed by atoms with Gasteiger partial charge in [-0.3, -0.25) is 0 Å². The monoisotopic (exact) mass is 684 g/mol.